The van der Waals surface area contributed by atoms with Crippen LogP contribution in [0.3, 0.4) is 0 Å². The van der Waals surface area contributed by atoms with Crippen LogP contribution in [0.5, 0.6) is 0 Å². The fourth-order valence-corrected chi connectivity index (χ4v) is 3.27. The molecule has 0 atom stereocenters. The first kappa shape index (κ1) is 16.6. The molecule has 6 nitrogen and oxygen atoms in total. The second-order valence-electron chi connectivity index (χ2n) is 6.53. The molecular formula is C20H22N4O2. The maximum Gasteiger partial charge on any atom is 0.259 e. The van der Waals surface area contributed by atoms with E-state index in [1.54, 1.807) is 0 Å². The van der Waals surface area contributed by atoms with Gasteiger partial charge in [-0.15, -0.1) is 0 Å². The van der Waals surface area contributed by atoms with Crippen LogP contribution in [0.1, 0.15) is 21.6 Å². The van der Waals surface area contributed by atoms with Crippen LogP contribution < -0.4 is 0 Å². The average molecular weight is 350 g/mol. The number of aryl methyl sites for hydroxylation is 2. The fourth-order valence-electron chi connectivity index (χ4n) is 3.27. The van der Waals surface area contributed by atoms with Gasteiger partial charge in [0, 0.05) is 25.5 Å². The van der Waals surface area contributed by atoms with E-state index in [1.165, 1.54) is 5.56 Å². The predicted molar refractivity (Wildman–Crippen MR) is 99.1 cm³/mol. The molecule has 1 fully saturated rings. The van der Waals surface area contributed by atoms with E-state index in [9.17, 15) is 4.79 Å². The summed E-state index contributed by atoms with van der Waals surface area (Å²) in [5.41, 5.74) is 3.49. The molecule has 0 N–H and O–H groups in total. The third-order valence-electron chi connectivity index (χ3n) is 4.68. The molecule has 3 heterocycles. The molecular weight excluding hydrogens is 328 g/mol. The SMILES string of the molecule is Cc1ccc(-n2nc(C)c(C(=O)N3CCOCC3)c2-n2cccc2)cc1. The van der Waals surface area contributed by atoms with E-state index >= 15 is 0 Å². The van der Waals surface area contributed by atoms with E-state index < -0.39 is 0 Å². The standard InChI is InChI=1S/C20H22N4O2/c1-15-5-7-17(8-6-15)24-19(22-9-3-4-10-22)18(16(2)21-24)20(25)23-11-13-26-14-12-23/h3-10H,11-14H2,1-2H3. The summed E-state index contributed by atoms with van der Waals surface area (Å²) in [5, 5.41) is 4.70. The molecule has 1 aliphatic heterocycles. The molecule has 0 bridgehead atoms. The monoisotopic (exact) mass is 350 g/mol. The maximum atomic E-state index is 13.2. The molecule has 0 unspecified atom stereocenters. The summed E-state index contributed by atoms with van der Waals surface area (Å²) in [5.74, 6) is 0.778. The molecule has 0 radical (unpaired) electrons. The summed E-state index contributed by atoms with van der Waals surface area (Å²) in [6, 6.07) is 12.1. The Kier molecular flexibility index (Phi) is 4.34. The van der Waals surface area contributed by atoms with Crippen molar-refractivity contribution in [3.05, 3.63) is 65.6 Å². The Morgan fingerprint density at radius 1 is 1.04 bits per heavy atom. The smallest absolute Gasteiger partial charge is 0.259 e. The van der Waals surface area contributed by atoms with E-state index in [0.717, 1.165) is 17.2 Å². The van der Waals surface area contributed by atoms with Gasteiger partial charge >= 0.3 is 0 Å². The van der Waals surface area contributed by atoms with Crippen molar-refractivity contribution in [2.75, 3.05) is 26.3 Å². The van der Waals surface area contributed by atoms with Crippen LogP contribution in [0.4, 0.5) is 0 Å². The van der Waals surface area contributed by atoms with Gasteiger partial charge in [-0.2, -0.15) is 5.10 Å². The highest BCUT2D eigenvalue weighted by Crippen LogP contribution is 2.25. The first-order chi connectivity index (χ1) is 12.6. The van der Waals surface area contributed by atoms with Gasteiger partial charge in [0.25, 0.3) is 5.91 Å². The number of carbonyl (C=O) groups is 1. The topological polar surface area (TPSA) is 52.3 Å². The molecule has 1 saturated heterocycles. The van der Waals surface area contributed by atoms with Gasteiger partial charge in [0.1, 0.15) is 5.56 Å². The van der Waals surface area contributed by atoms with Crippen LogP contribution in [0.15, 0.2) is 48.8 Å². The van der Waals surface area contributed by atoms with E-state index in [-0.39, 0.29) is 5.91 Å². The zero-order chi connectivity index (χ0) is 18.1. The molecule has 4 rings (SSSR count). The van der Waals surface area contributed by atoms with Gasteiger partial charge < -0.3 is 14.2 Å². The number of nitrogens with zero attached hydrogens (tertiary/aromatic N) is 4. The summed E-state index contributed by atoms with van der Waals surface area (Å²) in [6.45, 7) is 6.33. The lowest BCUT2D eigenvalue weighted by Crippen LogP contribution is -2.41. The summed E-state index contributed by atoms with van der Waals surface area (Å²) in [7, 11) is 0. The van der Waals surface area contributed by atoms with E-state index in [2.05, 4.69) is 19.1 Å². The molecule has 6 heteroatoms. The van der Waals surface area contributed by atoms with Gasteiger partial charge in [0.15, 0.2) is 5.82 Å². The zero-order valence-electron chi connectivity index (χ0n) is 15.1. The lowest BCUT2D eigenvalue weighted by atomic mass is 10.2. The summed E-state index contributed by atoms with van der Waals surface area (Å²) in [4.78, 5) is 15.1. The van der Waals surface area contributed by atoms with Crippen LogP contribution in [0, 0.1) is 13.8 Å². The summed E-state index contributed by atoms with van der Waals surface area (Å²) in [6.07, 6.45) is 3.88. The van der Waals surface area contributed by atoms with Gasteiger partial charge in [-0.3, -0.25) is 4.79 Å². The van der Waals surface area contributed by atoms with Gasteiger partial charge in [0.2, 0.25) is 0 Å². The van der Waals surface area contributed by atoms with E-state index in [4.69, 9.17) is 9.84 Å². The average Bonchev–Trinajstić information content (AvgIpc) is 3.30. The summed E-state index contributed by atoms with van der Waals surface area (Å²) < 4.78 is 9.19. The van der Waals surface area contributed by atoms with Crippen molar-refractivity contribution in [2.45, 2.75) is 13.8 Å². The first-order valence-electron chi connectivity index (χ1n) is 8.82. The normalized spacial score (nSPS) is 14.6. The number of aromatic nitrogens is 3. The minimum atomic E-state index is 0.00728. The van der Waals surface area contributed by atoms with Gasteiger partial charge in [0.05, 0.1) is 24.6 Å². The number of benzene rings is 1. The minimum Gasteiger partial charge on any atom is -0.378 e. The Morgan fingerprint density at radius 2 is 1.69 bits per heavy atom. The Labute approximate surface area is 152 Å². The van der Waals surface area contributed by atoms with Crippen molar-refractivity contribution in [3.8, 4) is 11.5 Å². The second-order valence-corrected chi connectivity index (χ2v) is 6.53. The molecule has 0 aliphatic carbocycles. The van der Waals surface area contributed by atoms with Crippen molar-refractivity contribution in [2.24, 2.45) is 0 Å². The third-order valence-corrected chi connectivity index (χ3v) is 4.68. The molecule has 3 aromatic rings. The Morgan fingerprint density at radius 3 is 2.35 bits per heavy atom. The molecule has 134 valence electrons. The lowest BCUT2D eigenvalue weighted by Gasteiger charge is -2.27. The number of rotatable bonds is 3. The van der Waals surface area contributed by atoms with Gasteiger partial charge in [-0.25, -0.2) is 4.68 Å². The van der Waals surface area contributed by atoms with Crippen LogP contribution in [-0.2, 0) is 4.74 Å². The minimum absolute atomic E-state index is 0.00728. The molecule has 0 spiro atoms. The van der Waals surface area contributed by atoms with Crippen LogP contribution in [-0.4, -0.2) is 51.5 Å². The zero-order valence-corrected chi connectivity index (χ0v) is 15.1. The molecule has 1 aromatic carbocycles. The Hall–Kier alpha value is -2.86. The van der Waals surface area contributed by atoms with Crippen molar-refractivity contribution < 1.29 is 9.53 Å². The van der Waals surface area contributed by atoms with Crippen molar-refractivity contribution >= 4 is 5.91 Å². The van der Waals surface area contributed by atoms with E-state index in [0.29, 0.717) is 31.9 Å². The third kappa shape index (κ3) is 2.93. The van der Waals surface area contributed by atoms with Gasteiger partial charge in [-0.1, -0.05) is 17.7 Å². The predicted octanol–water partition coefficient (Wildman–Crippen LogP) is 2.75. The van der Waals surface area contributed by atoms with Crippen LogP contribution in [0.25, 0.3) is 11.5 Å². The fraction of sp³-hybridized carbons (Fsp3) is 0.300. The highest BCUT2D eigenvalue weighted by molar-refractivity contribution is 5.98. The van der Waals surface area contributed by atoms with Crippen LogP contribution in [0.2, 0.25) is 0 Å². The number of hydrogen-bond donors (Lipinski definition) is 0. The first-order valence-corrected chi connectivity index (χ1v) is 8.82. The number of carbonyl (C=O) groups excluding carboxylic acids is 1. The Bertz CT molecular complexity index is 904. The highest BCUT2D eigenvalue weighted by Gasteiger charge is 2.28. The van der Waals surface area contributed by atoms with Crippen LogP contribution >= 0.6 is 0 Å². The molecule has 2 aromatic heterocycles. The number of morpholine rings is 1. The quantitative estimate of drug-likeness (QED) is 0.730. The maximum absolute atomic E-state index is 13.2. The lowest BCUT2D eigenvalue weighted by molar-refractivity contribution is 0.0302. The number of hydrogen-bond acceptors (Lipinski definition) is 3. The van der Waals surface area contributed by atoms with Gasteiger partial charge in [-0.05, 0) is 38.1 Å². The highest BCUT2D eigenvalue weighted by atomic mass is 16.5. The molecule has 26 heavy (non-hydrogen) atoms. The summed E-state index contributed by atoms with van der Waals surface area (Å²) >= 11 is 0. The van der Waals surface area contributed by atoms with E-state index in [1.807, 2.05) is 57.7 Å². The molecule has 1 amide bonds. The number of ether oxygens (including phenoxy) is 1. The number of amides is 1. The van der Waals surface area contributed by atoms with Crippen molar-refractivity contribution in [3.63, 3.8) is 0 Å². The largest absolute Gasteiger partial charge is 0.378 e. The Balaban J connectivity index is 1.86. The molecule has 0 saturated carbocycles. The second kappa shape index (κ2) is 6.80. The molecule has 1 aliphatic rings. The van der Waals surface area contributed by atoms with Crippen molar-refractivity contribution in [1.29, 1.82) is 0 Å². The van der Waals surface area contributed by atoms with Crippen molar-refractivity contribution in [1.82, 2.24) is 19.2 Å².